The molecule has 7 heteroatoms. The number of likely N-dealkylation sites (N-methyl/N-ethyl adjacent to an activating group) is 1. The number of aliphatic hydroxyl groups is 1. The fourth-order valence-corrected chi connectivity index (χ4v) is 2.92. The first-order chi connectivity index (χ1) is 13.0. The summed E-state index contributed by atoms with van der Waals surface area (Å²) in [7, 11) is 3.78. The van der Waals surface area contributed by atoms with E-state index in [1.54, 1.807) is 36.5 Å². The zero-order valence-corrected chi connectivity index (χ0v) is 15.2. The molecule has 2 aromatic rings. The number of furan rings is 1. The Morgan fingerprint density at radius 2 is 2.15 bits per heavy atom. The molecular weight excluding hydrogens is 346 g/mol. The van der Waals surface area contributed by atoms with Crippen LogP contribution in [0.1, 0.15) is 17.5 Å². The normalized spacial score (nSPS) is 17.5. The van der Waals surface area contributed by atoms with Gasteiger partial charge in [0, 0.05) is 19.3 Å². The summed E-state index contributed by atoms with van der Waals surface area (Å²) in [6.45, 7) is 0.946. The molecule has 140 valence electrons. The highest BCUT2D eigenvalue weighted by Gasteiger charge is 2.43. The maximum Gasteiger partial charge on any atom is 0.290 e. The Labute approximate surface area is 157 Å². The van der Waals surface area contributed by atoms with Crippen molar-refractivity contribution in [1.29, 1.82) is 0 Å². The number of carbonyl (C=O) groups excluding carboxylic acids is 2. The third-order valence-corrected chi connectivity index (χ3v) is 4.27. The van der Waals surface area contributed by atoms with Gasteiger partial charge in [0.1, 0.15) is 11.8 Å². The van der Waals surface area contributed by atoms with Gasteiger partial charge in [0.2, 0.25) is 0 Å². The lowest BCUT2D eigenvalue weighted by molar-refractivity contribution is -0.129. The zero-order chi connectivity index (χ0) is 19.4. The predicted octanol–water partition coefficient (Wildman–Crippen LogP) is 2.21. The summed E-state index contributed by atoms with van der Waals surface area (Å²) in [4.78, 5) is 33.1. The Hall–Kier alpha value is -3.19. The molecule has 3 heterocycles. The Balaban J connectivity index is 1.95. The second-order valence-electron chi connectivity index (χ2n) is 6.43. The van der Waals surface area contributed by atoms with E-state index in [1.807, 2.05) is 19.0 Å². The minimum atomic E-state index is -0.729. The number of hydrogen-bond acceptors (Lipinski definition) is 6. The molecule has 7 nitrogen and oxygen atoms in total. The zero-order valence-electron chi connectivity index (χ0n) is 15.2. The summed E-state index contributed by atoms with van der Waals surface area (Å²) >= 11 is 0. The number of pyridine rings is 1. The molecule has 0 fully saturated rings. The summed E-state index contributed by atoms with van der Waals surface area (Å²) in [5.74, 6) is -1.05. The number of amides is 1. The molecule has 0 spiro atoms. The second-order valence-corrected chi connectivity index (χ2v) is 6.43. The van der Waals surface area contributed by atoms with Crippen LogP contribution in [-0.2, 0) is 9.59 Å². The number of aromatic nitrogens is 1. The van der Waals surface area contributed by atoms with Crippen LogP contribution in [0.15, 0.2) is 64.6 Å². The number of allylic oxidation sites excluding steroid dienone is 1. The van der Waals surface area contributed by atoms with Crippen molar-refractivity contribution in [2.24, 2.45) is 0 Å². The largest absolute Gasteiger partial charge is 0.503 e. The molecule has 0 saturated carbocycles. The molecule has 1 atom stereocenters. The first-order valence-corrected chi connectivity index (χ1v) is 8.54. The first kappa shape index (κ1) is 18.6. The molecule has 1 aliphatic heterocycles. The van der Waals surface area contributed by atoms with Crippen LogP contribution in [0.25, 0.3) is 6.08 Å². The second kappa shape index (κ2) is 8.01. The van der Waals surface area contributed by atoms with Crippen LogP contribution in [0, 0.1) is 0 Å². The molecule has 0 aliphatic carbocycles. The van der Waals surface area contributed by atoms with Crippen LogP contribution in [0.5, 0.6) is 0 Å². The average Bonchev–Trinajstić information content (AvgIpc) is 3.26. The topological polar surface area (TPSA) is 86.9 Å². The quantitative estimate of drug-likeness (QED) is 0.755. The highest BCUT2D eigenvalue weighted by Crippen LogP contribution is 2.36. The van der Waals surface area contributed by atoms with Crippen LogP contribution in [-0.4, -0.2) is 58.8 Å². The van der Waals surface area contributed by atoms with Gasteiger partial charge in [-0.15, -0.1) is 0 Å². The molecule has 1 N–H and O–H groups in total. The Morgan fingerprint density at radius 1 is 1.33 bits per heavy atom. The highest BCUT2D eigenvalue weighted by molar-refractivity contribution is 6.14. The number of rotatable bonds is 7. The molecule has 1 aliphatic rings. The summed E-state index contributed by atoms with van der Waals surface area (Å²) in [5, 5.41) is 10.4. The monoisotopic (exact) mass is 367 g/mol. The first-order valence-electron chi connectivity index (χ1n) is 8.54. The lowest BCUT2D eigenvalue weighted by Crippen LogP contribution is -2.36. The van der Waals surface area contributed by atoms with E-state index >= 15 is 0 Å². The van der Waals surface area contributed by atoms with Crippen molar-refractivity contribution < 1.29 is 19.1 Å². The number of aliphatic hydroxyl groups excluding tert-OH is 1. The Morgan fingerprint density at radius 3 is 2.78 bits per heavy atom. The van der Waals surface area contributed by atoms with E-state index in [1.165, 1.54) is 23.3 Å². The third-order valence-electron chi connectivity index (χ3n) is 4.27. The van der Waals surface area contributed by atoms with Crippen LogP contribution in [0.3, 0.4) is 0 Å². The van der Waals surface area contributed by atoms with E-state index in [4.69, 9.17) is 4.42 Å². The van der Waals surface area contributed by atoms with Gasteiger partial charge in [-0.3, -0.25) is 14.6 Å². The molecule has 0 aromatic carbocycles. The van der Waals surface area contributed by atoms with E-state index < -0.39 is 23.5 Å². The molecule has 0 saturated heterocycles. The summed E-state index contributed by atoms with van der Waals surface area (Å²) in [6, 6.07) is 7.96. The standard InChI is InChI=1S/C20H21N3O4/c1-22(2)11-12-23-18(15-7-3-4-10-21-15)17(19(25)20(23)26)16(24)9-8-14-6-5-13-27-14/h3-10,13,18,25H,11-12H2,1-2H3/b9-8+. The molecule has 0 bridgehead atoms. The van der Waals surface area contributed by atoms with Gasteiger partial charge in [-0.2, -0.15) is 0 Å². The van der Waals surface area contributed by atoms with Crippen molar-refractivity contribution in [3.8, 4) is 0 Å². The van der Waals surface area contributed by atoms with Crippen molar-refractivity contribution in [1.82, 2.24) is 14.8 Å². The van der Waals surface area contributed by atoms with Crippen LogP contribution >= 0.6 is 0 Å². The summed E-state index contributed by atoms with van der Waals surface area (Å²) in [6.07, 6.45) is 5.90. The predicted molar refractivity (Wildman–Crippen MR) is 99.6 cm³/mol. The fraction of sp³-hybridized carbons (Fsp3) is 0.250. The van der Waals surface area contributed by atoms with Gasteiger partial charge in [-0.05, 0) is 50.5 Å². The van der Waals surface area contributed by atoms with Crippen LogP contribution in [0.4, 0.5) is 0 Å². The molecule has 1 unspecified atom stereocenters. The molecule has 1 amide bonds. The Kier molecular flexibility index (Phi) is 5.52. The van der Waals surface area contributed by atoms with E-state index in [-0.39, 0.29) is 5.57 Å². The van der Waals surface area contributed by atoms with E-state index in [0.29, 0.717) is 24.5 Å². The number of carbonyl (C=O) groups is 2. The van der Waals surface area contributed by atoms with Gasteiger partial charge < -0.3 is 19.3 Å². The molecule has 27 heavy (non-hydrogen) atoms. The third kappa shape index (κ3) is 3.98. The smallest absolute Gasteiger partial charge is 0.290 e. The van der Waals surface area contributed by atoms with Crippen molar-refractivity contribution >= 4 is 17.8 Å². The average molecular weight is 367 g/mol. The number of nitrogens with zero attached hydrogens (tertiary/aromatic N) is 3. The lowest BCUT2D eigenvalue weighted by Gasteiger charge is -2.27. The molecule has 0 radical (unpaired) electrons. The van der Waals surface area contributed by atoms with Gasteiger partial charge in [0.05, 0.1) is 17.5 Å². The molecule has 3 rings (SSSR count). The van der Waals surface area contributed by atoms with Crippen molar-refractivity contribution in [2.45, 2.75) is 6.04 Å². The number of hydrogen-bond donors (Lipinski definition) is 1. The maximum absolute atomic E-state index is 12.8. The van der Waals surface area contributed by atoms with Crippen molar-refractivity contribution in [3.05, 3.63) is 71.7 Å². The van der Waals surface area contributed by atoms with Gasteiger partial charge >= 0.3 is 0 Å². The lowest BCUT2D eigenvalue weighted by atomic mass is 9.99. The minimum absolute atomic E-state index is 0.0280. The van der Waals surface area contributed by atoms with Crippen molar-refractivity contribution in [2.75, 3.05) is 27.2 Å². The van der Waals surface area contributed by atoms with Gasteiger partial charge in [-0.1, -0.05) is 6.07 Å². The maximum atomic E-state index is 12.8. The molecule has 2 aromatic heterocycles. The van der Waals surface area contributed by atoms with Gasteiger partial charge in [-0.25, -0.2) is 0 Å². The highest BCUT2D eigenvalue weighted by atomic mass is 16.3. The van der Waals surface area contributed by atoms with Crippen molar-refractivity contribution in [3.63, 3.8) is 0 Å². The minimum Gasteiger partial charge on any atom is -0.503 e. The van der Waals surface area contributed by atoms with Crippen LogP contribution < -0.4 is 0 Å². The van der Waals surface area contributed by atoms with E-state index in [2.05, 4.69) is 4.98 Å². The van der Waals surface area contributed by atoms with Crippen LogP contribution in [0.2, 0.25) is 0 Å². The van der Waals surface area contributed by atoms with Gasteiger partial charge in [0.15, 0.2) is 11.5 Å². The SMILES string of the molecule is CN(C)CCN1C(=O)C(O)=C(C(=O)/C=C/c2ccco2)C1c1ccccn1. The summed E-state index contributed by atoms with van der Waals surface area (Å²) in [5.41, 5.74) is 0.559. The number of ketones is 1. The fourth-order valence-electron chi connectivity index (χ4n) is 2.92. The summed E-state index contributed by atoms with van der Waals surface area (Å²) < 4.78 is 5.18. The van der Waals surface area contributed by atoms with Gasteiger partial charge in [0.25, 0.3) is 5.91 Å². The van der Waals surface area contributed by atoms with E-state index in [9.17, 15) is 14.7 Å². The molecular formula is C20H21N3O4. The Bertz CT molecular complexity index is 870. The van der Waals surface area contributed by atoms with E-state index in [0.717, 1.165) is 0 Å².